The van der Waals surface area contributed by atoms with E-state index in [1.54, 1.807) is 0 Å². The van der Waals surface area contributed by atoms with Crippen molar-refractivity contribution in [2.24, 2.45) is 5.73 Å². The zero-order valence-electron chi connectivity index (χ0n) is 26.7. The quantitative estimate of drug-likeness (QED) is 0.0820. The molecule has 0 spiro atoms. The summed E-state index contributed by atoms with van der Waals surface area (Å²) >= 11 is 0. The second kappa shape index (κ2) is 25.6. The highest BCUT2D eigenvalue weighted by Gasteiger charge is 2.46. The number of unbranched alkanes of at least 4 members (excludes halogenated alkanes) is 20. The molecule has 5 atom stereocenters. The van der Waals surface area contributed by atoms with Crippen molar-refractivity contribution in [1.82, 2.24) is 4.90 Å². The molecule has 0 radical (unpaired) electrons. The van der Waals surface area contributed by atoms with Gasteiger partial charge in [-0.1, -0.05) is 142 Å². The predicted molar refractivity (Wildman–Crippen MR) is 167 cm³/mol. The number of hydrogen-bond donors (Lipinski definition) is 4. The summed E-state index contributed by atoms with van der Waals surface area (Å²) in [6.07, 6.45) is 21.6. The molecule has 0 aromatic rings. The molecule has 5 N–H and O–H groups in total. The lowest BCUT2D eigenvalue weighted by Gasteiger charge is -2.44. The first kappa shape index (κ1) is 38.1. The summed E-state index contributed by atoms with van der Waals surface area (Å²) in [5.74, 6) is 0. The Bertz CT molecular complexity index is 608. The van der Waals surface area contributed by atoms with Gasteiger partial charge in [0, 0.05) is 6.54 Å². The molecular weight excluding hydrogens is 520 g/mol. The van der Waals surface area contributed by atoms with Gasteiger partial charge in [0.1, 0.15) is 18.3 Å². The summed E-state index contributed by atoms with van der Waals surface area (Å²) in [5, 5.41) is 30.3. The van der Waals surface area contributed by atoms with Crippen molar-refractivity contribution in [3.63, 3.8) is 0 Å². The van der Waals surface area contributed by atoms with Crippen LogP contribution in [0.3, 0.4) is 0 Å². The van der Waals surface area contributed by atoms with Gasteiger partial charge in [-0.2, -0.15) is 0 Å². The summed E-state index contributed by atoms with van der Waals surface area (Å²) in [5.41, 5.74) is 6.20. The van der Waals surface area contributed by atoms with Crippen LogP contribution in [-0.2, 0) is 9.47 Å². The van der Waals surface area contributed by atoms with Crippen LogP contribution in [-0.4, -0.2) is 76.7 Å². The number of carbonyl (C=O) groups excluding carboxylic acids is 1. The van der Waals surface area contributed by atoms with Gasteiger partial charge in [-0.05, 0) is 12.8 Å². The highest BCUT2D eigenvalue weighted by Crippen LogP contribution is 2.24. The number of rotatable bonds is 26. The summed E-state index contributed by atoms with van der Waals surface area (Å²) in [6, 6.07) is -0.991. The first-order valence-electron chi connectivity index (χ1n) is 17.3. The second-order valence-electron chi connectivity index (χ2n) is 12.2. The third-order valence-corrected chi connectivity index (χ3v) is 8.47. The van der Waals surface area contributed by atoms with Crippen molar-refractivity contribution in [1.29, 1.82) is 0 Å². The van der Waals surface area contributed by atoms with Crippen LogP contribution in [0.4, 0.5) is 4.79 Å². The molecule has 1 rings (SSSR count). The largest absolute Gasteiger partial charge is 0.449 e. The maximum atomic E-state index is 13.1. The zero-order chi connectivity index (χ0) is 30.1. The van der Waals surface area contributed by atoms with Crippen molar-refractivity contribution in [3.05, 3.63) is 0 Å². The standard InChI is InChI=1S/C33H66N2O6/c1-3-5-7-9-11-13-15-16-18-20-22-24-26-40-33(39)35(25-23-21-19-17-14-12-10-8-6-4-2)32-29(34)31(38)30(37)28(27-36)41-32/h28-32,36-38H,3-27,34H2,1-2H3/t28-,29-,30+,31-,32-/m1/s1. The van der Waals surface area contributed by atoms with Crippen LogP contribution in [0.25, 0.3) is 0 Å². The molecule has 41 heavy (non-hydrogen) atoms. The molecule has 244 valence electrons. The summed E-state index contributed by atoms with van der Waals surface area (Å²) in [4.78, 5) is 14.6. The minimum Gasteiger partial charge on any atom is -0.449 e. The van der Waals surface area contributed by atoms with Crippen LogP contribution in [0.5, 0.6) is 0 Å². The minimum absolute atomic E-state index is 0.335. The van der Waals surface area contributed by atoms with Gasteiger partial charge in [0.05, 0.1) is 19.3 Å². The van der Waals surface area contributed by atoms with Crippen LogP contribution in [0, 0.1) is 0 Å². The maximum Gasteiger partial charge on any atom is 0.411 e. The highest BCUT2D eigenvalue weighted by molar-refractivity contribution is 5.68. The number of amides is 1. The molecule has 1 aliphatic heterocycles. The van der Waals surface area contributed by atoms with Crippen LogP contribution in [0.2, 0.25) is 0 Å². The Morgan fingerprint density at radius 2 is 1.10 bits per heavy atom. The van der Waals surface area contributed by atoms with E-state index in [-0.39, 0.29) is 0 Å². The Morgan fingerprint density at radius 1 is 0.683 bits per heavy atom. The fourth-order valence-corrected chi connectivity index (χ4v) is 5.68. The number of aliphatic hydroxyl groups is 3. The molecule has 8 heteroatoms. The lowest BCUT2D eigenvalue weighted by molar-refractivity contribution is -0.221. The van der Waals surface area contributed by atoms with Crippen LogP contribution in [0.1, 0.15) is 155 Å². The Morgan fingerprint density at radius 3 is 1.54 bits per heavy atom. The molecule has 0 aromatic carbocycles. The third-order valence-electron chi connectivity index (χ3n) is 8.47. The summed E-state index contributed by atoms with van der Waals surface area (Å²) in [6.45, 7) is 4.74. The molecule has 0 aliphatic carbocycles. The monoisotopic (exact) mass is 586 g/mol. The number of hydrogen-bond acceptors (Lipinski definition) is 7. The average molecular weight is 587 g/mol. The zero-order valence-corrected chi connectivity index (χ0v) is 26.7. The Hall–Kier alpha value is -0.930. The van der Waals surface area contributed by atoms with E-state index < -0.39 is 43.3 Å². The van der Waals surface area contributed by atoms with Crippen LogP contribution >= 0.6 is 0 Å². The van der Waals surface area contributed by atoms with E-state index >= 15 is 0 Å². The third kappa shape index (κ3) is 17.1. The van der Waals surface area contributed by atoms with Crippen LogP contribution < -0.4 is 5.73 Å². The Labute approximate surface area is 251 Å². The topological polar surface area (TPSA) is 125 Å². The van der Waals surface area contributed by atoms with Crippen molar-refractivity contribution >= 4 is 6.09 Å². The lowest BCUT2D eigenvalue weighted by atomic mass is 9.96. The molecule has 0 bridgehead atoms. The van der Waals surface area contributed by atoms with Gasteiger partial charge in [-0.25, -0.2) is 4.79 Å². The van der Waals surface area contributed by atoms with Gasteiger partial charge >= 0.3 is 6.09 Å². The number of nitrogens with two attached hydrogens (primary N) is 1. The van der Waals surface area contributed by atoms with E-state index in [1.807, 2.05) is 0 Å². The lowest BCUT2D eigenvalue weighted by Crippen LogP contribution is -2.67. The van der Waals surface area contributed by atoms with Crippen molar-refractivity contribution < 1.29 is 29.6 Å². The van der Waals surface area contributed by atoms with Crippen molar-refractivity contribution in [3.8, 4) is 0 Å². The van der Waals surface area contributed by atoms with E-state index in [0.717, 1.165) is 38.5 Å². The molecule has 1 saturated heterocycles. The minimum atomic E-state index is -1.30. The number of carbonyl (C=O) groups is 1. The number of aliphatic hydroxyl groups excluding tert-OH is 3. The molecule has 8 nitrogen and oxygen atoms in total. The highest BCUT2D eigenvalue weighted by atomic mass is 16.6. The first-order chi connectivity index (χ1) is 20.0. The molecular formula is C33H66N2O6. The van der Waals surface area contributed by atoms with E-state index in [1.165, 1.54) is 108 Å². The Kier molecular flexibility index (Phi) is 23.7. The molecule has 0 saturated carbocycles. The smallest absolute Gasteiger partial charge is 0.411 e. The van der Waals surface area contributed by atoms with Gasteiger partial charge in [-0.15, -0.1) is 0 Å². The molecule has 0 aromatic heterocycles. The molecule has 0 unspecified atom stereocenters. The molecule has 1 amide bonds. The maximum absolute atomic E-state index is 13.1. The number of nitrogens with zero attached hydrogens (tertiary/aromatic N) is 1. The van der Waals surface area contributed by atoms with E-state index in [2.05, 4.69) is 13.8 Å². The van der Waals surface area contributed by atoms with Crippen LogP contribution in [0.15, 0.2) is 0 Å². The van der Waals surface area contributed by atoms with E-state index in [0.29, 0.717) is 13.2 Å². The van der Waals surface area contributed by atoms with E-state index in [9.17, 15) is 20.1 Å². The average Bonchev–Trinajstić information content (AvgIpc) is 2.97. The van der Waals surface area contributed by atoms with Crippen molar-refractivity contribution in [2.75, 3.05) is 19.8 Å². The van der Waals surface area contributed by atoms with E-state index in [4.69, 9.17) is 15.2 Å². The fraction of sp³-hybridized carbons (Fsp3) is 0.970. The van der Waals surface area contributed by atoms with Gasteiger partial charge in [0.25, 0.3) is 0 Å². The molecule has 1 aliphatic rings. The summed E-state index contributed by atoms with van der Waals surface area (Å²) in [7, 11) is 0. The fourth-order valence-electron chi connectivity index (χ4n) is 5.68. The van der Waals surface area contributed by atoms with Gasteiger partial charge < -0.3 is 30.5 Å². The first-order valence-corrected chi connectivity index (χ1v) is 17.3. The SMILES string of the molecule is CCCCCCCCCCCCCCOC(=O)N(CCCCCCCCCCCC)[C@@H]1O[C@H](CO)[C@H](O)[C@H](O)[C@H]1N. The molecule has 1 heterocycles. The predicted octanol–water partition coefficient (Wildman–Crippen LogP) is 6.81. The van der Waals surface area contributed by atoms with Gasteiger partial charge in [-0.3, -0.25) is 4.90 Å². The van der Waals surface area contributed by atoms with Crippen molar-refractivity contribution in [2.45, 2.75) is 186 Å². The van der Waals surface area contributed by atoms with Gasteiger partial charge in [0.2, 0.25) is 0 Å². The number of ether oxygens (including phenoxy) is 2. The molecule has 1 fully saturated rings. The Balaban J connectivity index is 2.39. The van der Waals surface area contributed by atoms with Gasteiger partial charge in [0.15, 0.2) is 6.23 Å². The summed E-state index contributed by atoms with van der Waals surface area (Å²) < 4.78 is 11.4. The normalized spacial score (nSPS) is 22.6. The second-order valence-corrected chi connectivity index (χ2v) is 12.2.